The lowest BCUT2D eigenvalue weighted by Gasteiger charge is -2.11. The molecule has 0 aliphatic carbocycles. The monoisotopic (exact) mass is 343 g/mol. The number of hydrogen-bond acceptors (Lipinski definition) is 3. The second-order valence-corrected chi connectivity index (χ2v) is 6.83. The highest BCUT2D eigenvalue weighted by atomic mass is 79.9. The number of halogens is 1. The minimum Gasteiger partial charge on any atom is -0.396 e. The summed E-state index contributed by atoms with van der Waals surface area (Å²) in [4.78, 5) is 0. The zero-order valence-corrected chi connectivity index (χ0v) is 12.5. The van der Waals surface area contributed by atoms with E-state index in [2.05, 4.69) is 20.7 Å². The van der Waals surface area contributed by atoms with Gasteiger partial charge in [-0.3, -0.25) is 4.72 Å². The van der Waals surface area contributed by atoms with Gasteiger partial charge in [0.25, 0.3) is 0 Å². The van der Waals surface area contributed by atoms with Crippen LogP contribution in [0.2, 0.25) is 0 Å². The minimum absolute atomic E-state index is 0.0894. The summed E-state index contributed by atoms with van der Waals surface area (Å²) in [5.41, 5.74) is 0.553. The van der Waals surface area contributed by atoms with Gasteiger partial charge < -0.3 is 5.11 Å². The molecular formula is C13H14BrNO3S. The predicted molar refractivity (Wildman–Crippen MR) is 80.8 cm³/mol. The van der Waals surface area contributed by atoms with Gasteiger partial charge in [0.15, 0.2) is 0 Å². The van der Waals surface area contributed by atoms with E-state index in [0.717, 1.165) is 15.2 Å². The van der Waals surface area contributed by atoms with Gasteiger partial charge in [0.2, 0.25) is 10.0 Å². The van der Waals surface area contributed by atoms with E-state index in [4.69, 9.17) is 5.11 Å². The zero-order chi connectivity index (χ0) is 13.9. The normalized spacial score (nSPS) is 11.7. The summed E-state index contributed by atoms with van der Waals surface area (Å²) in [5, 5.41) is 10.5. The molecule has 0 spiro atoms. The number of nitrogens with one attached hydrogen (secondary N) is 1. The van der Waals surface area contributed by atoms with Crippen LogP contribution >= 0.6 is 15.9 Å². The maximum atomic E-state index is 11.9. The quantitative estimate of drug-likeness (QED) is 0.877. The molecule has 102 valence electrons. The standard InChI is InChI=1S/C13H14BrNO3S/c14-12-6-7-13(11-5-2-1-4-10(11)12)15-19(17,18)9-3-8-16/h1-2,4-7,15-16H,3,8-9H2. The van der Waals surface area contributed by atoms with Crippen LogP contribution in [0.5, 0.6) is 0 Å². The maximum Gasteiger partial charge on any atom is 0.232 e. The first-order valence-corrected chi connectivity index (χ1v) is 8.26. The lowest BCUT2D eigenvalue weighted by Crippen LogP contribution is -2.17. The van der Waals surface area contributed by atoms with Crippen molar-refractivity contribution in [2.75, 3.05) is 17.1 Å². The van der Waals surface area contributed by atoms with Crippen molar-refractivity contribution in [3.63, 3.8) is 0 Å². The molecule has 0 radical (unpaired) electrons. The first kappa shape index (κ1) is 14.3. The summed E-state index contributed by atoms with van der Waals surface area (Å²) in [6.07, 6.45) is 0.226. The Kier molecular flexibility index (Phi) is 4.44. The van der Waals surface area contributed by atoms with Gasteiger partial charge in [-0.25, -0.2) is 8.42 Å². The lowest BCUT2D eigenvalue weighted by atomic mass is 10.1. The summed E-state index contributed by atoms with van der Waals surface area (Å²) < 4.78 is 27.2. The summed E-state index contributed by atoms with van der Waals surface area (Å²) in [7, 11) is -3.43. The van der Waals surface area contributed by atoms with Crippen molar-refractivity contribution in [3.8, 4) is 0 Å². The van der Waals surface area contributed by atoms with Gasteiger partial charge >= 0.3 is 0 Å². The molecule has 0 saturated carbocycles. The number of fused-ring (bicyclic) bond motifs is 1. The summed E-state index contributed by atoms with van der Waals surface area (Å²) >= 11 is 3.44. The molecule has 2 aromatic rings. The van der Waals surface area contributed by atoms with Crippen LogP contribution in [0.25, 0.3) is 10.8 Å². The van der Waals surface area contributed by atoms with E-state index in [9.17, 15) is 8.42 Å². The molecule has 19 heavy (non-hydrogen) atoms. The van der Waals surface area contributed by atoms with E-state index in [-0.39, 0.29) is 18.8 Å². The van der Waals surface area contributed by atoms with Gasteiger partial charge in [-0.1, -0.05) is 40.2 Å². The Morgan fingerprint density at radius 3 is 2.47 bits per heavy atom. The molecule has 4 nitrogen and oxygen atoms in total. The fourth-order valence-corrected chi connectivity index (χ4v) is 3.43. The molecule has 0 unspecified atom stereocenters. The molecule has 0 heterocycles. The Morgan fingerprint density at radius 1 is 1.11 bits per heavy atom. The van der Waals surface area contributed by atoms with Crippen molar-refractivity contribution in [1.29, 1.82) is 0 Å². The number of hydrogen-bond donors (Lipinski definition) is 2. The Labute approximate surface area is 120 Å². The van der Waals surface area contributed by atoms with E-state index in [0.29, 0.717) is 5.69 Å². The molecule has 0 amide bonds. The Hall–Kier alpha value is -1.11. The van der Waals surface area contributed by atoms with Gasteiger partial charge in [-0.15, -0.1) is 0 Å². The van der Waals surface area contributed by atoms with Gasteiger partial charge in [0, 0.05) is 16.5 Å². The molecule has 0 aromatic heterocycles. The topological polar surface area (TPSA) is 66.4 Å². The third-order valence-corrected chi connectivity index (χ3v) is 4.76. The highest BCUT2D eigenvalue weighted by Gasteiger charge is 2.12. The third kappa shape index (κ3) is 3.46. The van der Waals surface area contributed by atoms with Gasteiger partial charge in [-0.05, 0) is 23.9 Å². The third-order valence-electron chi connectivity index (χ3n) is 2.71. The maximum absolute atomic E-state index is 11.9. The van der Waals surface area contributed by atoms with Crippen LogP contribution in [0.3, 0.4) is 0 Å². The number of benzene rings is 2. The van der Waals surface area contributed by atoms with E-state index >= 15 is 0 Å². The molecule has 0 atom stereocenters. The van der Waals surface area contributed by atoms with E-state index in [1.807, 2.05) is 30.3 Å². The van der Waals surface area contributed by atoms with Crippen LogP contribution in [0.4, 0.5) is 5.69 Å². The SMILES string of the molecule is O=S(=O)(CCCO)Nc1ccc(Br)c2ccccc12. The van der Waals surface area contributed by atoms with Gasteiger partial charge in [0.05, 0.1) is 11.4 Å². The van der Waals surface area contributed by atoms with Crippen LogP contribution in [0, 0.1) is 0 Å². The van der Waals surface area contributed by atoms with Crippen molar-refractivity contribution >= 4 is 42.4 Å². The number of anilines is 1. The second-order valence-electron chi connectivity index (χ2n) is 4.14. The molecule has 0 saturated heterocycles. The first-order valence-electron chi connectivity index (χ1n) is 5.82. The van der Waals surface area contributed by atoms with Crippen molar-refractivity contribution in [3.05, 3.63) is 40.9 Å². The minimum atomic E-state index is -3.43. The van der Waals surface area contributed by atoms with E-state index in [1.165, 1.54) is 0 Å². The van der Waals surface area contributed by atoms with Crippen LogP contribution in [-0.2, 0) is 10.0 Å². The average Bonchev–Trinajstić information content (AvgIpc) is 2.40. The molecule has 6 heteroatoms. The Balaban J connectivity index is 2.39. The summed E-state index contributed by atoms with van der Waals surface area (Å²) in [5.74, 6) is -0.0894. The van der Waals surface area contributed by atoms with Crippen molar-refractivity contribution in [2.45, 2.75) is 6.42 Å². The van der Waals surface area contributed by atoms with E-state index in [1.54, 1.807) is 6.07 Å². The van der Waals surface area contributed by atoms with Gasteiger partial charge in [-0.2, -0.15) is 0 Å². The van der Waals surface area contributed by atoms with Crippen molar-refractivity contribution in [2.24, 2.45) is 0 Å². The summed E-state index contributed by atoms with van der Waals surface area (Å²) in [6.45, 7) is -0.137. The molecular weight excluding hydrogens is 330 g/mol. The zero-order valence-electron chi connectivity index (χ0n) is 10.1. The highest BCUT2D eigenvalue weighted by molar-refractivity contribution is 9.10. The molecule has 2 rings (SSSR count). The Morgan fingerprint density at radius 2 is 1.79 bits per heavy atom. The average molecular weight is 344 g/mol. The number of rotatable bonds is 5. The molecule has 0 aliphatic heterocycles. The fraction of sp³-hybridized carbons (Fsp3) is 0.231. The highest BCUT2D eigenvalue weighted by Crippen LogP contribution is 2.30. The largest absolute Gasteiger partial charge is 0.396 e. The van der Waals surface area contributed by atoms with Crippen LogP contribution in [0.15, 0.2) is 40.9 Å². The first-order chi connectivity index (χ1) is 9.03. The van der Waals surface area contributed by atoms with E-state index < -0.39 is 10.0 Å². The molecule has 0 aliphatic rings. The molecule has 2 N–H and O–H groups in total. The smallest absolute Gasteiger partial charge is 0.232 e. The molecule has 2 aromatic carbocycles. The van der Waals surface area contributed by atoms with Crippen molar-refractivity contribution < 1.29 is 13.5 Å². The second kappa shape index (κ2) is 5.90. The van der Waals surface area contributed by atoms with Crippen LogP contribution in [-0.4, -0.2) is 25.9 Å². The molecule has 0 fully saturated rings. The van der Waals surface area contributed by atoms with Gasteiger partial charge in [0.1, 0.15) is 0 Å². The molecule has 0 bridgehead atoms. The van der Waals surface area contributed by atoms with Crippen LogP contribution in [0.1, 0.15) is 6.42 Å². The number of aliphatic hydroxyl groups excluding tert-OH is 1. The predicted octanol–water partition coefficient (Wildman–Crippen LogP) is 2.73. The number of aliphatic hydroxyl groups is 1. The lowest BCUT2D eigenvalue weighted by molar-refractivity contribution is 0.295. The Bertz CT molecular complexity index is 685. The van der Waals surface area contributed by atoms with Crippen LogP contribution < -0.4 is 4.72 Å². The van der Waals surface area contributed by atoms with Crippen molar-refractivity contribution in [1.82, 2.24) is 0 Å². The summed E-state index contributed by atoms with van der Waals surface area (Å²) in [6, 6.07) is 11.1. The fourth-order valence-electron chi connectivity index (χ4n) is 1.82. The number of sulfonamides is 1.